The number of rotatable bonds is 9. The van der Waals surface area contributed by atoms with Crippen LogP contribution in [0.5, 0.6) is 0 Å². The number of aliphatic hydroxyl groups excluding tert-OH is 1. The van der Waals surface area contributed by atoms with E-state index in [1.807, 2.05) is 66.9 Å². The summed E-state index contributed by atoms with van der Waals surface area (Å²) in [6.07, 6.45) is 8.11. The number of amides is 1. The third kappa shape index (κ3) is 6.17. The van der Waals surface area contributed by atoms with E-state index < -0.39 is 6.29 Å². The second-order valence-electron chi connectivity index (χ2n) is 11.6. The summed E-state index contributed by atoms with van der Waals surface area (Å²) in [5.41, 5.74) is 2.14. The van der Waals surface area contributed by atoms with Crippen molar-refractivity contribution in [3.8, 4) is 5.69 Å². The Morgan fingerprint density at radius 2 is 1.78 bits per heavy atom. The monoisotopic (exact) mass is 566 g/mol. The zero-order chi connectivity index (χ0) is 28.9. The van der Waals surface area contributed by atoms with Gasteiger partial charge >= 0.3 is 0 Å². The van der Waals surface area contributed by atoms with Gasteiger partial charge in [0, 0.05) is 62.5 Å². The Morgan fingerprint density at radius 3 is 2.44 bits per heavy atom. The van der Waals surface area contributed by atoms with Gasteiger partial charge in [-0.3, -0.25) is 14.3 Å². The molecule has 3 aliphatic heterocycles. The number of ether oxygens (including phenoxy) is 2. The summed E-state index contributed by atoms with van der Waals surface area (Å²) in [5.74, 6) is -0.477. The first-order valence-corrected chi connectivity index (χ1v) is 15.4. The molecule has 2 aromatic rings. The quantitative estimate of drug-likeness (QED) is 0.498. The summed E-state index contributed by atoms with van der Waals surface area (Å²) in [6, 6.07) is 10.1. The van der Waals surface area contributed by atoms with Crippen molar-refractivity contribution in [2.45, 2.75) is 77.0 Å². The number of para-hydroxylation sites is 1. The minimum absolute atomic E-state index is 0.0333. The molecule has 9 nitrogen and oxygen atoms in total. The standard InChI is InChI=1S/C32H46N4O5/c1-4-40-32-26(14-11-21-37)27(29-23(2)33(3)36(31(29)39)25-12-7-5-8-13-25)22-28(41-32)30(38)35-19-15-24(16-20-35)34-17-9-6-10-18-34/h5,7-8,12-13,22,24,26-27,32,37H,4,6,9-11,14-21H2,1-3H3/t26-,27-,32+/m1/s1. The molecule has 41 heavy (non-hydrogen) atoms. The summed E-state index contributed by atoms with van der Waals surface area (Å²) < 4.78 is 15.9. The Kier molecular flexibility index (Phi) is 9.68. The van der Waals surface area contributed by atoms with Gasteiger partial charge in [0.05, 0.1) is 5.69 Å². The molecule has 0 saturated carbocycles. The second kappa shape index (κ2) is 13.4. The van der Waals surface area contributed by atoms with Gasteiger partial charge in [-0.1, -0.05) is 24.6 Å². The number of likely N-dealkylation sites (tertiary alicyclic amines) is 2. The lowest BCUT2D eigenvalue weighted by atomic mass is 9.80. The van der Waals surface area contributed by atoms with Crippen LogP contribution in [0.25, 0.3) is 5.69 Å². The van der Waals surface area contributed by atoms with Gasteiger partial charge in [0.1, 0.15) is 0 Å². The molecule has 4 heterocycles. The normalized spacial score (nSPS) is 24.2. The molecule has 1 aromatic heterocycles. The number of hydrogen-bond acceptors (Lipinski definition) is 6. The van der Waals surface area contributed by atoms with Crippen LogP contribution in [0, 0.1) is 12.8 Å². The van der Waals surface area contributed by atoms with Gasteiger partial charge in [-0.05, 0) is 83.7 Å². The van der Waals surface area contributed by atoms with E-state index in [4.69, 9.17) is 9.47 Å². The molecule has 1 N–H and O–H groups in total. The van der Waals surface area contributed by atoms with Gasteiger partial charge in [0.2, 0.25) is 6.29 Å². The maximum absolute atomic E-state index is 14.0. The van der Waals surface area contributed by atoms with Crippen molar-refractivity contribution in [2.75, 3.05) is 39.4 Å². The van der Waals surface area contributed by atoms with Crippen LogP contribution >= 0.6 is 0 Å². The zero-order valence-electron chi connectivity index (χ0n) is 24.8. The second-order valence-corrected chi connectivity index (χ2v) is 11.6. The lowest BCUT2D eigenvalue weighted by molar-refractivity contribution is -0.171. The number of aromatic nitrogens is 2. The number of piperidine rings is 2. The largest absolute Gasteiger partial charge is 0.459 e. The molecule has 224 valence electrons. The van der Waals surface area contributed by atoms with E-state index in [9.17, 15) is 14.7 Å². The summed E-state index contributed by atoms with van der Waals surface area (Å²) >= 11 is 0. The molecular formula is C32H46N4O5. The topological polar surface area (TPSA) is 89.2 Å². The summed E-state index contributed by atoms with van der Waals surface area (Å²) in [7, 11) is 1.89. The van der Waals surface area contributed by atoms with E-state index in [2.05, 4.69) is 4.90 Å². The fourth-order valence-corrected chi connectivity index (χ4v) is 6.94. The van der Waals surface area contributed by atoms with Gasteiger partial charge in [-0.15, -0.1) is 0 Å². The van der Waals surface area contributed by atoms with Crippen LogP contribution in [0.15, 0.2) is 47.0 Å². The zero-order valence-corrected chi connectivity index (χ0v) is 24.8. The van der Waals surface area contributed by atoms with Crippen molar-refractivity contribution >= 4 is 5.91 Å². The molecule has 0 aliphatic carbocycles. The summed E-state index contributed by atoms with van der Waals surface area (Å²) in [6.45, 7) is 8.03. The lowest BCUT2D eigenvalue weighted by Crippen LogP contribution is -2.49. The van der Waals surface area contributed by atoms with Crippen LogP contribution in [-0.2, 0) is 21.3 Å². The SMILES string of the molecule is CCO[C@H]1OC(C(=O)N2CCC(N3CCCCC3)CC2)=C[C@@H](c2c(C)n(C)n(-c3ccccc3)c2=O)[C@H]1CCCO. The smallest absolute Gasteiger partial charge is 0.288 e. The number of carbonyl (C=O) groups is 1. The molecule has 0 radical (unpaired) electrons. The Morgan fingerprint density at radius 1 is 1.07 bits per heavy atom. The Balaban J connectivity index is 1.46. The fourth-order valence-electron chi connectivity index (χ4n) is 6.94. The van der Waals surface area contributed by atoms with Crippen molar-refractivity contribution in [2.24, 2.45) is 13.0 Å². The van der Waals surface area contributed by atoms with Crippen molar-refractivity contribution in [3.05, 3.63) is 63.8 Å². The van der Waals surface area contributed by atoms with E-state index in [1.54, 1.807) is 4.68 Å². The highest BCUT2D eigenvalue weighted by atomic mass is 16.7. The first kappa shape index (κ1) is 29.6. The van der Waals surface area contributed by atoms with E-state index in [-0.39, 0.29) is 35.7 Å². The van der Waals surface area contributed by atoms with Gasteiger partial charge in [0.25, 0.3) is 11.5 Å². The minimum Gasteiger partial charge on any atom is -0.459 e. The molecule has 5 rings (SSSR count). The molecule has 3 atom stereocenters. The van der Waals surface area contributed by atoms with E-state index >= 15 is 0 Å². The van der Waals surface area contributed by atoms with E-state index in [0.717, 1.165) is 37.3 Å². The summed E-state index contributed by atoms with van der Waals surface area (Å²) in [5, 5.41) is 9.67. The number of nitrogens with zero attached hydrogens (tertiary/aromatic N) is 4. The van der Waals surface area contributed by atoms with Crippen LogP contribution in [0.2, 0.25) is 0 Å². The molecule has 2 saturated heterocycles. The van der Waals surface area contributed by atoms with Gasteiger partial charge in [-0.2, -0.15) is 0 Å². The number of aliphatic hydroxyl groups is 1. The number of benzene rings is 1. The molecule has 1 aromatic carbocycles. The lowest BCUT2D eigenvalue weighted by Gasteiger charge is -2.41. The first-order valence-electron chi connectivity index (χ1n) is 15.4. The number of hydrogen-bond donors (Lipinski definition) is 1. The Hall–Kier alpha value is -2.88. The maximum Gasteiger partial charge on any atom is 0.288 e. The molecule has 3 aliphatic rings. The van der Waals surface area contributed by atoms with Gasteiger partial charge in [-0.25, -0.2) is 4.68 Å². The number of allylic oxidation sites excluding steroid dienone is 1. The first-order chi connectivity index (χ1) is 19.9. The molecule has 0 unspecified atom stereocenters. The van der Waals surface area contributed by atoms with Crippen LogP contribution < -0.4 is 5.56 Å². The molecule has 2 fully saturated rings. The van der Waals surface area contributed by atoms with Crippen molar-refractivity contribution in [3.63, 3.8) is 0 Å². The van der Waals surface area contributed by atoms with Gasteiger partial charge in [0.15, 0.2) is 5.76 Å². The van der Waals surface area contributed by atoms with Crippen LogP contribution in [-0.4, -0.2) is 81.9 Å². The predicted octanol–water partition coefficient (Wildman–Crippen LogP) is 3.71. The Bertz CT molecular complexity index is 1250. The maximum atomic E-state index is 14.0. The molecular weight excluding hydrogens is 520 g/mol. The minimum atomic E-state index is -0.685. The van der Waals surface area contributed by atoms with Gasteiger partial charge < -0.3 is 24.4 Å². The average Bonchev–Trinajstić information content (AvgIpc) is 3.23. The molecule has 9 heteroatoms. The summed E-state index contributed by atoms with van der Waals surface area (Å²) in [4.78, 5) is 32.4. The van der Waals surface area contributed by atoms with Crippen molar-refractivity contribution in [1.29, 1.82) is 0 Å². The van der Waals surface area contributed by atoms with E-state index in [0.29, 0.717) is 44.1 Å². The fraction of sp³-hybridized carbons (Fsp3) is 0.625. The Labute approximate surface area is 243 Å². The molecule has 1 amide bonds. The molecule has 0 spiro atoms. The predicted molar refractivity (Wildman–Crippen MR) is 158 cm³/mol. The highest BCUT2D eigenvalue weighted by molar-refractivity contribution is 5.92. The highest BCUT2D eigenvalue weighted by Crippen LogP contribution is 2.40. The third-order valence-electron chi connectivity index (χ3n) is 9.21. The van der Waals surface area contributed by atoms with Crippen LogP contribution in [0.3, 0.4) is 0 Å². The highest BCUT2D eigenvalue weighted by Gasteiger charge is 2.42. The number of carbonyl (C=O) groups excluding carboxylic acids is 1. The van der Waals surface area contributed by atoms with Crippen LogP contribution in [0.4, 0.5) is 0 Å². The van der Waals surface area contributed by atoms with Crippen LogP contribution in [0.1, 0.15) is 69.0 Å². The van der Waals surface area contributed by atoms with Crippen molar-refractivity contribution < 1.29 is 19.4 Å². The third-order valence-corrected chi connectivity index (χ3v) is 9.21. The molecule has 0 bridgehead atoms. The average molecular weight is 567 g/mol. The van der Waals surface area contributed by atoms with E-state index in [1.165, 1.54) is 19.3 Å². The van der Waals surface area contributed by atoms with Crippen molar-refractivity contribution in [1.82, 2.24) is 19.2 Å².